The van der Waals surface area contributed by atoms with Gasteiger partial charge in [-0.3, -0.25) is 9.78 Å². The van der Waals surface area contributed by atoms with E-state index in [-0.39, 0.29) is 5.69 Å². The first-order valence-electron chi connectivity index (χ1n) is 11.8. The summed E-state index contributed by atoms with van der Waals surface area (Å²) in [6.07, 6.45) is -2.68. The van der Waals surface area contributed by atoms with Gasteiger partial charge in [-0.1, -0.05) is 61.5 Å². The summed E-state index contributed by atoms with van der Waals surface area (Å²) in [4.78, 5) is 30.9. The fourth-order valence-electron chi connectivity index (χ4n) is 3.98. The van der Waals surface area contributed by atoms with Crippen LogP contribution in [0.3, 0.4) is 0 Å². The van der Waals surface area contributed by atoms with Gasteiger partial charge in [-0.25, -0.2) is 4.79 Å². The standard InChI is InChI=1S/C29H24F3N3O3/c1-3-24-19(2)27(23-14-7-8-15-25(23)34-24)28(37)38-18-26(36)35(33-17-20-10-5-4-6-11-20)22-13-9-12-21(16-22)29(30,31)32/h4-17H,3,18H2,1-2H3/b33-17-. The number of alkyl halides is 3. The molecule has 4 aromatic rings. The van der Waals surface area contributed by atoms with Gasteiger partial charge >= 0.3 is 12.1 Å². The van der Waals surface area contributed by atoms with E-state index in [1.165, 1.54) is 18.3 Å². The Morgan fingerprint density at radius 2 is 1.71 bits per heavy atom. The Morgan fingerprint density at radius 3 is 2.42 bits per heavy atom. The second-order valence-corrected chi connectivity index (χ2v) is 8.41. The number of nitrogens with zero attached hydrogens (tertiary/aromatic N) is 3. The number of ether oxygens (including phenoxy) is 1. The lowest BCUT2D eigenvalue weighted by atomic mass is 10.0. The van der Waals surface area contributed by atoms with Crippen molar-refractivity contribution in [1.82, 2.24) is 4.98 Å². The number of aryl methyl sites for hydroxylation is 1. The molecule has 9 heteroatoms. The Morgan fingerprint density at radius 1 is 1.00 bits per heavy atom. The molecule has 1 amide bonds. The Balaban J connectivity index is 1.63. The number of anilines is 1. The van der Waals surface area contributed by atoms with Crippen LogP contribution in [0.15, 0.2) is 84.0 Å². The molecule has 6 nitrogen and oxygen atoms in total. The Bertz CT molecular complexity index is 1500. The molecule has 0 unspecified atom stereocenters. The number of hydrogen-bond donors (Lipinski definition) is 0. The highest BCUT2D eigenvalue weighted by atomic mass is 19.4. The topological polar surface area (TPSA) is 71.9 Å². The zero-order valence-corrected chi connectivity index (χ0v) is 20.7. The highest BCUT2D eigenvalue weighted by Gasteiger charge is 2.31. The third-order valence-electron chi connectivity index (χ3n) is 5.88. The molecule has 1 heterocycles. The van der Waals surface area contributed by atoms with Crippen LogP contribution in [-0.2, 0) is 22.1 Å². The van der Waals surface area contributed by atoms with E-state index in [0.717, 1.165) is 22.8 Å². The zero-order valence-electron chi connectivity index (χ0n) is 20.7. The van der Waals surface area contributed by atoms with E-state index in [0.29, 0.717) is 34.0 Å². The molecule has 38 heavy (non-hydrogen) atoms. The van der Waals surface area contributed by atoms with E-state index < -0.39 is 30.2 Å². The minimum atomic E-state index is -4.61. The molecule has 0 radical (unpaired) electrons. The number of pyridine rings is 1. The number of benzene rings is 3. The first-order chi connectivity index (χ1) is 18.2. The number of esters is 1. The summed E-state index contributed by atoms with van der Waals surface area (Å²) in [6, 6.07) is 20.1. The molecule has 0 aliphatic rings. The second-order valence-electron chi connectivity index (χ2n) is 8.41. The van der Waals surface area contributed by atoms with E-state index in [1.54, 1.807) is 61.5 Å². The molecule has 0 saturated heterocycles. The summed E-state index contributed by atoms with van der Waals surface area (Å²) >= 11 is 0. The van der Waals surface area contributed by atoms with Crippen molar-refractivity contribution in [3.8, 4) is 0 Å². The van der Waals surface area contributed by atoms with Gasteiger partial charge in [0.2, 0.25) is 0 Å². The average molecular weight is 520 g/mol. The third kappa shape index (κ3) is 5.88. The van der Waals surface area contributed by atoms with Crippen molar-refractivity contribution in [1.29, 1.82) is 0 Å². The van der Waals surface area contributed by atoms with Gasteiger partial charge in [0.15, 0.2) is 6.61 Å². The fraction of sp³-hybridized carbons (Fsp3) is 0.172. The van der Waals surface area contributed by atoms with Crippen molar-refractivity contribution < 1.29 is 27.5 Å². The number of amides is 1. The lowest BCUT2D eigenvalue weighted by Crippen LogP contribution is -2.31. The highest BCUT2D eigenvalue weighted by Crippen LogP contribution is 2.32. The minimum Gasteiger partial charge on any atom is -0.452 e. The molecule has 194 valence electrons. The molecule has 0 bridgehead atoms. The van der Waals surface area contributed by atoms with Crippen LogP contribution in [0, 0.1) is 6.92 Å². The summed E-state index contributed by atoms with van der Waals surface area (Å²) in [6.45, 7) is 2.94. The predicted octanol–water partition coefficient (Wildman–Crippen LogP) is 6.35. The van der Waals surface area contributed by atoms with Crippen LogP contribution in [0.1, 0.15) is 39.7 Å². The molecule has 0 N–H and O–H groups in total. The lowest BCUT2D eigenvalue weighted by molar-refractivity contribution is -0.137. The maximum Gasteiger partial charge on any atom is 0.416 e. The smallest absolute Gasteiger partial charge is 0.416 e. The third-order valence-corrected chi connectivity index (χ3v) is 5.88. The van der Waals surface area contributed by atoms with Crippen LogP contribution in [-0.4, -0.2) is 29.7 Å². The summed E-state index contributed by atoms with van der Waals surface area (Å²) in [5.74, 6) is -1.56. The van der Waals surface area contributed by atoms with Gasteiger partial charge in [0.1, 0.15) is 0 Å². The molecular formula is C29H24F3N3O3. The van der Waals surface area contributed by atoms with Gasteiger partial charge in [-0.2, -0.15) is 23.3 Å². The summed E-state index contributed by atoms with van der Waals surface area (Å²) < 4.78 is 45.4. The van der Waals surface area contributed by atoms with Crippen molar-refractivity contribution in [2.75, 3.05) is 11.6 Å². The van der Waals surface area contributed by atoms with Crippen LogP contribution in [0.5, 0.6) is 0 Å². The fourth-order valence-corrected chi connectivity index (χ4v) is 3.98. The minimum absolute atomic E-state index is 0.119. The zero-order chi connectivity index (χ0) is 27.3. The molecule has 0 aliphatic heterocycles. The van der Waals surface area contributed by atoms with Crippen LogP contribution >= 0.6 is 0 Å². The van der Waals surface area contributed by atoms with E-state index in [9.17, 15) is 22.8 Å². The van der Waals surface area contributed by atoms with E-state index >= 15 is 0 Å². The van der Waals surface area contributed by atoms with Gasteiger partial charge in [0.05, 0.1) is 28.5 Å². The van der Waals surface area contributed by atoms with Crippen molar-refractivity contribution in [2.24, 2.45) is 5.10 Å². The number of aromatic nitrogens is 1. The van der Waals surface area contributed by atoms with Gasteiger partial charge < -0.3 is 4.74 Å². The quantitative estimate of drug-likeness (QED) is 0.162. The lowest BCUT2D eigenvalue weighted by Gasteiger charge is -2.19. The van der Waals surface area contributed by atoms with Crippen LogP contribution in [0.4, 0.5) is 18.9 Å². The Kier molecular flexibility index (Phi) is 7.85. The SMILES string of the molecule is CCc1nc2ccccc2c(C(=O)OCC(=O)N(/N=C\c2ccccc2)c2cccc(C(F)(F)F)c2)c1C. The number of fused-ring (bicyclic) bond motifs is 1. The average Bonchev–Trinajstić information content (AvgIpc) is 2.91. The first-order valence-corrected chi connectivity index (χ1v) is 11.8. The normalized spacial score (nSPS) is 11.6. The van der Waals surface area contributed by atoms with Gasteiger partial charge in [0.25, 0.3) is 5.91 Å². The molecule has 0 spiro atoms. The molecule has 0 fully saturated rings. The van der Waals surface area contributed by atoms with Crippen molar-refractivity contribution >= 4 is 34.7 Å². The molecule has 0 saturated carbocycles. The van der Waals surface area contributed by atoms with E-state index in [4.69, 9.17) is 4.74 Å². The van der Waals surface area contributed by atoms with Crippen LogP contribution in [0.2, 0.25) is 0 Å². The van der Waals surface area contributed by atoms with Crippen molar-refractivity contribution in [3.05, 3.63) is 107 Å². The predicted molar refractivity (Wildman–Crippen MR) is 139 cm³/mol. The van der Waals surface area contributed by atoms with Gasteiger partial charge in [-0.15, -0.1) is 0 Å². The highest BCUT2D eigenvalue weighted by molar-refractivity contribution is 6.06. The molecule has 0 aliphatic carbocycles. The Labute approximate surface area is 217 Å². The number of rotatable bonds is 7. The molecule has 4 rings (SSSR count). The van der Waals surface area contributed by atoms with E-state index in [2.05, 4.69) is 10.1 Å². The monoisotopic (exact) mass is 519 g/mol. The van der Waals surface area contributed by atoms with E-state index in [1.807, 2.05) is 6.92 Å². The maximum atomic E-state index is 13.3. The maximum absolute atomic E-state index is 13.3. The van der Waals surface area contributed by atoms with Crippen LogP contribution < -0.4 is 5.01 Å². The van der Waals surface area contributed by atoms with Crippen molar-refractivity contribution in [2.45, 2.75) is 26.4 Å². The number of carbonyl (C=O) groups is 2. The summed E-state index contributed by atoms with van der Waals surface area (Å²) in [5, 5.41) is 5.50. The Hall–Kier alpha value is -4.53. The number of hydrogen-bond acceptors (Lipinski definition) is 5. The number of halogens is 3. The largest absolute Gasteiger partial charge is 0.452 e. The second kappa shape index (κ2) is 11.2. The molecule has 3 aromatic carbocycles. The first kappa shape index (κ1) is 26.5. The number of carbonyl (C=O) groups excluding carboxylic acids is 2. The van der Waals surface area contributed by atoms with Gasteiger partial charge in [-0.05, 0) is 48.7 Å². The van der Waals surface area contributed by atoms with Crippen LogP contribution in [0.25, 0.3) is 10.9 Å². The summed E-state index contributed by atoms with van der Waals surface area (Å²) in [7, 11) is 0. The van der Waals surface area contributed by atoms with Gasteiger partial charge in [0, 0.05) is 11.1 Å². The van der Waals surface area contributed by atoms with Crippen molar-refractivity contribution in [3.63, 3.8) is 0 Å². The summed E-state index contributed by atoms with van der Waals surface area (Å²) in [5.41, 5.74) is 1.84. The number of hydrazone groups is 1. The molecule has 0 atom stereocenters. The molecular weight excluding hydrogens is 495 g/mol. The number of para-hydroxylation sites is 1. The molecule has 1 aromatic heterocycles.